The van der Waals surface area contributed by atoms with Crippen molar-refractivity contribution in [3.63, 3.8) is 0 Å². The lowest BCUT2D eigenvalue weighted by atomic mass is 9.98. The van der Waals surface area contributed by atoms with E-state index in [-0.39, 0.29) is 17.9 Å². The molecule has 1 aliphatic rings. The van der Waals surface area contributed by atoms with Crippen LogP contribution in [0.5, 0.6) is 0 Å². The zero-order chi connectivity index (χ0) is 22.5. The minimum absolute atomic E-state index is 0.0268. The Morgan fingerprint density at radius 2 is 1.84 bits per heavy atom. The van der Waals surface area contributed by atoms with Crippen molar-refractivity contribution in [3.8, 4) is 0 Å². The molecule has 6 nitrogen and oxygen atoms in total. The summed E-state index contributed by atoms with van der Waals surface area (Å²) >= 11 is 0. The molecule has 3 rings (SSSR count). The standard InChI is InChI=1S/C25H33N3O3/c1-17(2)22-8-6-7-18(3)24(22)26-23(29)16-27-13-14-28(15-19(27)4)21-11-9-20(10-12-21)25(30)31-5/h6-12,17,19H,13-16H2,1-5H3,(H,26,29). The lowest BCUT2D eigenvalue weighted by molar-refractivity contribution is -0.117. The van der Waals surface area contributed by atoms with Crippen molar-refractivity contribution in [2.45, 2.75) is 39.7 Å². The van der Waals surface area contributed by atoms with Crippen LogP contribution >= 0.6 is 0 Å². The minimum Gasteiger partial charge on any atom is -0.465 e. The van der Waals surface area contributed by atoms with E-state index in [9.17, 15) is 9.59 Å². The first-order valence-electron chi connectivity index (χ1n) is 10.9. The van der Waals surface area contributed by atoms with Crippen LogP contribution in [-0.4, -0.2) is 56.1 Å². The van der Waals surface area contributed by atoms with Crippen LogP contribution < -0.4 is 10.2 Å². The van der Waals surface area contributed by atoms with Crippen LogP contribution in [0.25, 0.3) is 0 Å². The summed E-state index contributed by atoms with van der Waals surface area (Å²) in [5, 5.41) is 3.16. The van der Waals surface area contributed by atoms with Gasteiger partial charge in [0, 0.05) is 37.1 Å². The number of amides is 1. The van der Waals surface area contributed by atoms with Gasteiger partial charge < -0.3 is 15.0 Å². The van der Waals surface area contributed by atoms with Crippen LogP contribution in [-0.2, 0) is 9.53 Å². The fourth-order valence-corrected chi connectivity index (χ4v) is 4.10. The fraction of sp³-hybridized carbons (Fsp3) is 0.440. The molecule has 0 aromatic heterocycles. The lowest BCUT2D eigenvalue weighted by Gasteiger charge is -2.40. The van der Waals surface area contributed by atoms with E-state index in [1.54, 1.807) is 12.1 Å². The molecule has 1 fully saturated rings. The summed E-state index contributed by atoms with van der Waals surface area (Å²) < 4.78 is 4.76. The van der Waals surface area contributed by atoms with Gasteiger partial charge in [0.1, 0.15) is 0 Å². The van der Waals surface area contributed by atoms with Gasteiger partial charge in [-0.1, -0.05) is 32.0 Å². The highest BCUT2D eigenvalue weighted by atomic mass is 16.5. The van der Waals surface area contributed by atoms with Crippen molar-refractivity contribution in [2.75, 3.05) is 43.5 Å². The number of methoxy groups -OCH3 is 1. The molecule has 0 aliphatic carbocycles. The maximum atomic E-state index is 12.8. The Labute approximate surface area is 185 Å². The number of benzene rings is 2. The predicted molar refractivity (Wildman–Crippen MR) is 125 cm³/mol. The average Bonchev–Trinajstić information content (AvgIpc) is 2.76. The van der Waals surface area contributed by atoms with Crippen molar-refractivity contribution in [3.05, 3.63) is 59.2 Å². The third-order valence-corrected chi connectivity index (χ3v) is 5.96. The molecule has 2 aromatic carbocycles. The largest absolute Gasteiger partial charge is 0.465 e. The second-order valence-corrected chi connectivity index (χ2v) is 8.55. The molecular weight excluding hydrogens is 390 g/mol. The van der Waals surface area contributed by atoms with E-state index >= 15 is 0 Å². The Balaban J connectivity index is 1.59. The number of rotatable bonds is 6. The zero-order valence-electron chi connectivity index (χ0n) is 19.1. The molecule has 1 aliphatic heterocycles. The van der Waals surface area contributed by atoms with Crippen LogP contribution in [0.2, 0.25) is 0 Å². The number of anilines is 2. The predicted octanol–water partition coefficient (Wildman–Crippen LogP) is 4.05. The first kappa shape index (κ1) is 22.8. The molecular formula is C25H33N3O3. The number of aryl methyl sites for hydroxylation is 1. The van der Waals surface area contributed by atoms with Crippen LogP contribution in [0, 0.1) is 6.92 Å². The molecule has 31 heavy (non-hydrogen) atoms. The molecule has 1 heterocycles. The summed E-state index contributed by atoms with van der Waals surface area (Å²) in [5.74, 6) is 0.0483. The summed E-state index contributed by atoms with van der Waals surface area (Å²) in [4.78, 5) is 29.0. The Hall–Kier alpha value is -2.86. The minimum atomic E-state index is -0.329. The van der Waals surface area contributed by atoms with Crippen molar-refractivity contribution >= 4 is 23.3 Å². The van der Waals surface area contributed by atoms with E-state index in [0.29, 0.717) is 18.0 Å². The maximum Gasteiger partial charge on any atom is 0.337 e. The number of nitrogens with zero attached hydrogens (tertiary/aromatic N) is 2. The third-order valence-electron chi connectivity index (χ3n) is 5.96. The molecule has 1 amide bonds. The number of piperazine rings is 1. The van der Waals surface area contributed by atoms with Gasteiger partial charge in [0.25, 0.3) is 0 Å². The monoisotopic (exact) mass is 423 g/mol. The Morgan fingerprint density at radius 1 is 1.13 bits per heavy atom. The summed E-state index contributed by atoms with van der Waals surface area (Å²) in [6, 6.07) is 13.9. The highest BCUT2D eigenvalue weighted by Crippen LogP contribution is 2.27. The summed E-state index contributed by atoms with van der Waals surface area (Å²) in [7, 11) is 1.38. The summed E-state index contributed by atoms with van der Waals surface area (Å²) in [6.45, 7) is 11.3. The molecule has 1 atom stereocenters. The van der Waals surface area contributed by atoms with Crippen LogP contribution in [0.15, 0.2) is 42.5 Å². The van der Waals surface area contributed by atoms with Gasteiger partial charge in [-0.2, -0.15) is 0 Å². The molecule has 1 unspecified atom stereocenters. The summed E-state index contributed by atoms with van der Waals surface area (Å²) in [6.07, 6.45) is 0. The van der Waals surface area contributed by atoms with Gasteiger partial charge in [-0.05, 0) is 55.2 Å². The second kappa shape index (κ2) is 9.96. The highest BCUT2D eigenvalue weighted by Gasteiger charge is 2.26. The van der Waals surface area contributed by atoms with Crippen molar-refractivity contribution < 1.29 is 14.3 Å². The van der Waals surface area contributed by atoms with E-state index in [1.165, 1.54) is 12.7 Å². The number of hydrogen-bond donors (Lipinski definition) is 1. The van der Waals surface area contributed by atoms with E-state index in [1.807, 2.05) is 31.2 Å². The number of carbonyl (C=O) groups excluding carboxylic acids is 2. The van der Waals surface area contributed by atoms with Crippen LogP contribution in [0.1, 0.15) is 48.2 Å². The van der Waals surface area contributed by atoms with E-state index < -0.39 is 0 Å². The fourth-order valence-electron chi connectivity index (χ4n) is 4.10. The molecule has 0 bridgehead atoms. The van der Waals surface area contributed by atoms with E-state index in [4.69, 9.17) is 4.74 Å². The van der Waals surface area contributed by atoms with Gasteiger partial charge in [0.2, 0.25) is 5.91 Å². The molecule has 2 aromatic rings. The van der Waals surface area contributed by atoms with Crippen molar-refractivity contribution in [2.24, 2.45) is 0 Å². The van der Waals surface area contributed by atoms with E-state index in [0.717, 1.165) is 36.6 Å². The number of carbonyl (C=O) groups is 2. The van der Waals surface area contributed by atoms with Crippen LogP contribution in [0.4, 0.5) is 11.4 Å². The van der Waals surface area contributed by atoms with Gasteiger partial charge in [-0.15, -0.1) is 0 Å². The SMILES string of the molecule is COC(=O)c1ccc(N2CCN(CC(=O)Nc3c(C)cccc3C(C)C)C(C)C2)cc1. The molecule has 166 valence electrons. The van der Waals surface area contributed by atoms with Crippen molar-refractivity contribution in [1.29, 1.82) is 0 Å². The molecule has 1 saturated heterocycles. The first-order chi connectivity index (χ1) is 14.8. The molecule has 0 radical (unpaired) electrons. The molecule has 1 N–H and O–H groups in total. The van der Waals surface area contributed by atoms with Crippen LogP contribution in [0.3, 0.4) is 0 Å². The van der Waals surface area contributed by atoms with Gasteiger partial charge in [-0.25, -0.2) is 4.79 Å². The number of para-hydroxylation sites is 1. The summed E-state index contributed by atoms with van der Waals surface area (Å²) in [5.41, 5.74) is 4.82. The molecule has 0 saturated carbocycles. The first-order valence-corrected chi connectivity index (χ1v) is 10.9. The number of nitrogens with one attached hydrogen (secondary N) is 1. The van der Waals surface area contributed by atoms with Crippen molar-refractivity contribution in [1.82, 2.24) is 4.90 Å². The Kier molecular flexibility index (Phi) is 7.33. The normalized spacial score (nSPS) is 17.0. The van der Waals surface area contributed by atoms with E-state index in [2.05, 4.69) is 42.0 Å². The second-order valence-electron chi connectivity index (χ2n) is 8.55. The number of ether oxygens (including phenoxy) is 1. The zero-order valence-corrected chi connectivity index (χ0v) is 19.1. The topological polar surface area (TPSA) is 61.9 Å². The third kappa shape index (κ3) is 5.44. The highest BCUT2D eigenvalue weighted by molar-refractivity contribution is 5.94. The maximum absolute atomic E-state index is 12.8. The number of hydrogen-bond acceptors (Lipinski definition) is 5. The Morgan fingerprint density at radius 3 is 2.45 bits per heavy atom. The van der Waals surface area contributed by atoms with Gasteiger partial charge in [0.15, 0.2) is 0 Å². The van der Waals surface area contributed by atoms with Gasteiger partial charge in [0.05, 0.1) is 19.2 Å². The Bertz CT molecular complexity index is 924. The average molecular weight is 424 g/mol. The lowest BCUT2D eigenvalue weighted by Crippen LogP contribution is -2.53. The molecule has 0 spiro atoms. The number of esters is 1. The van der Waals surface area contributed by atoms with Gasteiger partial charge >= 0.3 is 5.97 Å². The smallest absolute Gasteiger partial charge is 0.337 e. The quantitative estimate of drug-likeness (QED) is 0.710. The molecule has 6 heteroatoms. The van der Waals surface area contributed by atoms with Gasteiger partial charge in [-0.3, -0.25) is 9.69 Å².